The van der Waals surface area contributed by atoms with Gasteiger partial charge in [-0.15, -0.1) is 0 Å². The molecule has 1 saturated heterocycles. The Morgan fingerprint density at radius 3 is 2.47 bits per heavy atom. The second kappa shape index (κ2) is 5.41. The van der Waals surface area contributed by atoms with E-state index in [1.54, 1.807) is 13.0 Å². The van der Waals surface area contributed by atoms with Crippen LogP contribution in [-0.4, -0.2) is 41.5 Å². The van der Waals surface area contributed by atoms with E-state index >= 15 is 0 Å². The second-order valence-electron chi connectivity index (χ2n) is 4.34. The highest BCUT2D eigenvalue weighted by atomic mass is 32.2. The maximum Gasteiger partial charge on any atom is 0.243 e. The smallest absolute Gasteiger partial charge is 0.243 e. The molecule has 19 heavy (non-hydrogen) atoms. The Morgan fingerprint density at radius 2 is 1.95 bits per heavy atom. The molecule has 5 nitrogen and oxygen atoms in total. The molecule has 0 spiro atoms. The highest BCUT2D eigenvalue weighted by Crippen LogP contribution is 2.22. The number of benzene rings is 1. The molecule has 2 rings (SSSR count). The number of nitrogens with zero attached hydrogens (tertiary/aromatic N) is 2. The Labute approximate surface area is 115 Å². The summed E-state index contributed by atoms with van der Waals surface area (Å²) in [4.78, 5) is 0.221. The molecule has 1 heterocycles. The molecule has 0 amide bonds. The van der Waals surface area contributed by atoms with Gasteiger partial charge in [0.25, 0.3) is 0 Å². The SMILES string of the molecule is Cc1cc(C#N)ccc1S(=O)(=O)N1CCS(=O)CC1. The zero-order chi connectivity index (χ0) is 14.0. The lowest BCUT2D eigenvalue weighted by Gasteiger charge is -2.26. The fourth-order valence-corrected chi connectivity index (χ4v) is 4.94. The quantitative estimate of drug-likeness (QED) is 0.802. The average molecular weight is 298 g/mol. The van der Waals surface area contributed by atoms with Crippen LogP contribution in [-0.2, 0) is 20.8 Å². The topological polar surface area (TPSA) is 78.2 Å². The van der Waals surface area contributed by atoms with Crippen molar-refractivity contribution in [3.8, 4) is 6.07 Å². The molecule has 0 N–H and O–H groups in total. The number of hydrogen-bond donors (Lipinski definition) is 0. The summed E-state index contributed by atoms with van der Waals surface area (Å²) in [6, 6.07) is 6.52. The Kier molecular flexibility index (Phi) is 4.04. The Bertz CT molecular complexity index is 652. The van der Waals surface area contributed by atoms with E-state index in [9.17, 15) is 12.6 Å². The Balaban J connectivity index is 2.35. The molecular weight excluding hydrogens is 284 g/mol. The maximum absolute atomic E-state index is 12.5. The van der Waals surface area contributed by atoms with Crippen LogP contribution >= 0.6 is 0 Å². The molecule has 0 saturated carbocycles. The van der Waals surface area contributed by atoms with Crippen LogP contribution in [0.2, 0.25) is 0 Å². The minimum Gasteiger partial charge on any atom is -0.259 e. The molecule has 102 valence electrons. The molecular formula is C12H14N2O3S2. The summed E-state index contributed by atoms with van der Waals surface area (Å²) in [5.41, 5.74) is 1.00. The van der Waals surface area contributed by atoms with Gasteiger partial charge in [-0.05, 0) is 30.7 Å². The van der Waals surface area contributed by atoms with Crippen molar-refractivity contribution in [1.29, 1.82) is 5.26 Å². The van der Waals surface area contributed by atoms with E-state index in [4.69, 9.17) is 5.26 Å². The van der Waals surface area contributed by atoms with Crippen LogP contribution in [0.5, 0.6) is 0 Å². The fraction of sp³-hybridized carbons (Fsp3) is 0.417. The first-order valence-electron chi connectivity index (χ1n) is 5.81. The van der Waals surface area contributed by atoms with E-state index < -0.39 is 20.8 Å². The van der Waals surface area contributed by atoms with E-state index in [0.29, 0.717) is 22.6 Å². The molecule has 1 aromatic carbocycles. The van der Waals surface area contributed by atoms with Crippen LogP contribution < -0.4 is 0 Å². The maximum atomic E-state index is 12.5. The summed E-state index contributed by atoms with van der Waals surface area (Å²) < 4.78 is 37.6. The monoisotopic (exact) mass is 298 g/mol. The van der Waals surface area contributed by atoms with Crippen LogP contribution in [0.25, 0.3) is 0 Å². The number of nitriles is 1. The normalized spacial score (nSPS) is 18.1. The third-order valence-electron chi connectivity index (χ3n) is 3.06. The van der Waals surface area contributed by atoms with Gasteiger partial charge in [0.05, 0.1) is 16.5 Å². The first kappa shape index (κ1) is 14.2. The lowest BCUT2D eigenvalue weighted by atomic mass is 10.2. The molecule has 0 aliphatic carbocycles. The lowest BCUT2D eigenvalue weighted by Crippen LogP contribution is -2.41. The first-order valence-corrected chi connectivity index (χ1v) is 8.74. The largest absolute Gasteiger partial charge is 0.259 e. The van der Waals surface area contributed by atoms with Crippen LogP contribution in [0.3, 0.4) is 0 Å². The van der Waals surface area contributed by atoms with Crippen molar-refractivity contribution < 1.29 is 12.6 Å². The van der Waals surface area contributed by atoms with Crippen LogP contribution in [0, 0.1) is 18.3 Å². The van der Waals surface area contributed by atoms with Gasteiger partial charge in [-0.1, -0.05) is 0 Å². The summed E-state index contributed by atoms with van der Waals surface area (Å²) in [6.07, 6.45) is 0. The Morgan fingerprint density at radius 1 is 1.32 bits per heavy atom. The van der Waals surface area contributed by atoms with E-state index in [0.717, 1.165) is 0 Å². The van der Waals surface area contributed by atoms with Crippen molar-refractivity contribution in [3.63, 3.8) is 0 Å². The van der Waals surface area contributed by atoms with Gasteiger partial charge in [0.2, 0.25) is 10.0 Å². The number of sulfonamides is 1. The van der Waals surface area contributed by atoms with E-state index in [2.05, 4.69) is 0 Å². The van der Waals surface area contributed by atoms with Crippen molar-refractivity contribution in [2.75, 3.05) is 24.6 Å². The summed E-state index contributed by atoms with van der Waals surface area (Å²) in [5.74, 6) is 0.767. The van der Waals surface area contributed by atoms with Crippen molar-refractivity contribution >= 4 is 20.8 Å². The van der Waals surface area contributed by atoms with Gasteiger partial charge in [0.15, 0.2) is 0 Å². The number of hydrogen-bond acceptors (Lipinski definition) is 4. The molecule has 1 fully saturated rings. The number of aryl methyl sites for hydroxylation is 1. The predicted molar refractivity (Wildman–Crippen MR) is 72.5 cm³/mol. The van der Waals surface area contributed by atoms with E-state index in [1.165, 1.54) is 16.4 Å². The minimum atomic E-state index is -3.55. The average Bonchev–Trinajstić information content (AvgIpc) is 2.38. The van der Waals surface area contributed by atoms with Crippen LogP contribution in [0.4, 0.5) is 0 Å². The lowest BCUT2D eigenvalue weighted by molar-refractivity contribution is 0.438. The minimum absolute atomic E-state index is 0.221. The standard InChI is InChI=1S/C12H14N2O3S2/c1-10-8-11(9-13)2-3-12(10)19(16,17)14-4-6-18(15)7-5-14/h2-3,8H,4-7H2,1H3. The van der Waals surface area contributed by atoms with Crippen molar-refractivity contribution in [2.45, 2.75) is 11.8 Å². The van der Waals surface area contributed by atoms with Crippen LogP contribution in [0.15, 0.2) is 23.1 Å². The summed E-state index contributed by atoms with van der Waals surface area (Å²) >= 11 is 0. The third kappa shape index (κ3) is 2.86. The fourth-order valence-electron chi connectivity index (χ4n) is 2.01. The van der Waals surface area contributed by atoms with Gasteiger partial charge in [0.1, 0.15) is 0 Å². The third-order valence-corrected chi connectivity index (χ3v) is 6.39. The van der Waals surface area contributed by atoms with Crippen molar-refractivity contribution in [3.05, 3.63) is 29.3 Å². The highest BCUT2D eigenvalue weighted by molar-refractivity contribution is 7.89. The molecule has 1 aromatic rings. The van der Waals surface area contributed by atoms with Gasteiger partial charge in [-0.25, -0.2) is 8.42 Å². The molecule has 1 aliphatic heterocycles. The Hall–Kier alpha value is -1.23. The highest BCUT2D eigenvalue weighted by Gasteiger charge is 2.29. The molecule has 0 atom stereocenters. The summed E-state index contributed by atoms with van der Waals surface area (Å²) in [6.45, 7) is 2.25. The van der Waals surface area contributed by atoms with E-state index in [-0.39, 0.29) is 18.0 Å². The van der Waals surface area contributed by atoms with Gasteiger partial charge in [-0.2, -0.15) is 9.57 Å². The molecule has 1 aliphatic rings. The molecule has 0 radical (unpaired) electrons. The van der Waals surface area contributed by atoms with Gasteiger partial charge >= 0.3 is 0 Å². The zero-order valence-corrected chi connectivity index (χ0v) is 12.1. The van der Waals surface area contributed by atoms with Gasteiger partial charge in [0, 0.05) is 35.4 Å². The predicted octanol–water partition coefficient (Wildman–Crippen LogP) is 0.620. The zero-order valence-electron chi connectivity index (χ0n) is 10.5. The second-order valence-corrected chi connectivity index (χ2v) is 7.95. The van der Waals surface area contributed by atoms with Crippen molar-refractivity contribution in [2.24, 2.45) is 0 Å². The molecule has 7 heteroatoms. The number of rotatable bonds is 2. The van der Waals surface area contributed by atoms with E-state index in [1.807, 2.05) is 6.07 Å². The summed E-state index contributed by atoms with van der Waals surface area (Å²) in [7, 11) is -4.46. The first-order chi connectivity index (χ1) is 8.95. The van der Waals surface area contributed by atoms with Crippen molar-refractivity contribution in [1.82, 2.24) is 4.31 Å². The van der Waals surface area contributed by atoms with Gasteiger partial charge in [-0.3, -0.25) is 4.21 Å². The summed E-state index contributed by atoms with van der Waals surface area (Å²) in [5, 5.41) is 8.79. The van der Waals surface area contributed by atoms with Gasteiger partial charge < -0.3 is 0 Å². The molecule has 0 aromatic heterocycles. The molecule has 0 unspecified atom stereocenters. The molecule has 0 bridgehead atoms. The van der Waals surface area contributed by atoms with Crippen LogP contribution in [0.1, 0.15) is 11.1 Å².